The van der Waals surface area contributed by atoms with Crippen molar-refractivity contribution in [3.8, 4) is 16.2 Å². The number of carbonyl (C=O) groups excluding carboxylic acids is 1. The number of phenolic OH excluding ortho intramolecular Hbond substituents is 1. The van der Waals surface area contributed by atoms with Gasteiger partial charge in [0.05, 0.1) is 4.88 Å². The van der Waals surface area contributed by atoms with Crippen molar-refractivity contribution in [2.75, 3.05) is 6.54 Å². The molecule has 0 radical (unpaired) electrons. The Kier molecular flexibility index (Phi) is 4.74. The van der Waals surface area contributed by atoms with Gasteiger partial charge in [-0.15, -0.1) is 11.3 Å². The van der Waals surface area contributed by atoms with E-state index < -0.39 is 0 Å². The van der Waals surface area contributed by atoms with Gasteiger partial charge in [0.2, 0.25) is 0 Å². The van der Waals surface area contributed by atoms with Crippen LogP contribution in [0.3, 0.4) is 0 Å². The molecule has 2 N–H and O–H groups in total. The van der Waals surface area contributed by atoms with Crippen LogP contribution >= 0.6 is 11.3 Å². The Morgan fingerprint density at radius 3 is 2.43 bits per heavy atom. The molecule has 0 aliphatic heterocycles. The molecule has 0 bridgehead atoms. The van der Waals surface area contributed by atoms with E-state index in [1.54, 1.807) is 12.1 Å². The fourth-order valence-electron chi connectivity index (χ4n) is 2.29. The number of benzene rings is 2. The van der Waals surface area contributed by atoms with E-state index in [2.05, 4.69) is 17.4 Å². The van der Waals surface area contributed by atoms with Crippen LogP contribution in [0.25, 0.3) is 10.4 Å². The van der Waals surface area contributed by atoms with E-state index in [4.69, 9.17) is 0 Å². The van der Waals surface area contributed by atoms with Crippen molar-refractivity contribution >= 4 is 17.2 Å². The molecule has 0 saturated heterocycles. The molecule has 2 aromatic carbocycles. The van der Waals surface area contributed by atoms with Crippen molar-refractivity contribution in [2.45, 2.75) is 6.42 Å². The van der Waals surface area contributed by atoms with Crippen molar-refractivity contribution in [3.05, 3.63) is 77.2 Å². The van der Waals surface area contributed by atoms with Crippen molar-refractivity contribution in [3.63, 3.8) is 0 Å². The Hall–Kier alpha value is -2.59. The molecule has 0 fully saturated rings. The molecule has 0 atom stereocenters. The van der Waals surface area contributed by atoms with E-state index in [0.29, 0.717) is 11.4 Å². The molecule has 3 aromatic rings. The smallest absolute Gasteiger partial charge is 0.261 e. The third-order valence-electron chi connectivity index (χ3n) is 3.52. The second kappa shape index (κ2) is 7.11. The Bertz CT molecular complexity index is 779. The normalized spacial score (nSPS) is 10.4. The maximum Gasteiger partial charge on any atom is 0.261 e. The number of phenols is 1. The summed E-state index contributed by atoms with van der Waals surface area (Å²) in [4.78, 5) is 13.9. The molecule has 0 saturated carbocycles. The first-order valence-electron chi connectivity index (χ1n) is 7.44. The quantitative estimate of drug-likeness (QED) is 0.743. The van der Waals surface area contributed by atoms with Crippen LogP contribution in [0, 0.1) is 0 Å². The average molecular weight is 323 g/mol. The standard InChI is InChI=1S/C19H17NO2S/c21-16-8-6-15(7-9-16)17-10-11-18(23-17)19(22)20-13-12-14-4-2-1-3-5-14/h1-11,21H,12-13H2,(H,20,22). The highest BCUT2D eigenvalue weighted by Crippen LogP contribution is 2.29. The largest absolute Gasteiger partial charge is 0.508 e. The maximum atomic E-state index is 12.2. The number of carbonyl (C=O) groups is 1. The summed E-state index contributed by atoms with van der Waals surface area (Å²) in [7, 11) is 0. The van der Waals surface area contributed by atoms with Gasteiger partial charge in [0, 0.05) is 11.4 Å². The van der Waals surface area contributed by atoms with E-state index in [1.807, 2.05) is 42.5 Å². The molecule has 3 nitrogen and oxygen atoms in total. The van der Waals surface area contributed by atoms with Gasteiger partial charge in [0.25, 0.3) is 5.91 Å². The van der Waals surface area contributed by atoms with Crippen LogP contribution in [0.1, 0.15) is 15.2 Å². The van der Waals surface area contributed by atoms with Crippen LogP contribution in [-0.4, -0.2) is 17.6 Å². The molecule has 1 amide bonds. The lowest BCUT2D eigenvalue weighted by molar-refractivity contribution is 0.0958. The third-order valence-corrected chi connectivity index (χ3v) is 4.66. The molecule has 0 aliphatic rings. The first-order valence-corrected chi connectivity index (χ1v) is 8.25. The number of hydrogen-bond acceptors (Lipinski definition) is 3. The fourth-order valence-corrected chi connectivity index (χ4v) is 3.22. The topological polar surface area (TPSA) is 49.3 Å². The van der Waals surface area contributed by atoms with Crippen molar-refractivity contribution in [1.29, 1.82) is 0 Å². The summed E-state index contributed by atoms with van der Waals surface area (Å²) in [5, 5.41) is 12.3. The maximum absolute atomic E-state index is 12.2. The summed E-state index contributed by atoms with van der Waals surface area (Å²) in [6, 6.07) is 20.9. The number of nitrogens with one attached hydrogen (secondary N) is 1. The zero-order chi connectivity index (χ0) is 16.1. The zero-order valence-electron chi connectivity index (χ0n) is 12.5. The van der Waals surface area contributed by atoms with Crippen LogP contribution in [0.5, 0.6) is 5.75 Å². The highest BCUT2D eigenvalue weighted by Gasteiger charge is 2.10. The molecular formula is C19H17NO2S. The fraction of sp³-hybridized carbons (Fsp3) is 0.105. The minimum atomic E-state index is -0.0454. The van der Waals surface area contributed by atoms with E-state index >= 15 is 0 Å². The highest BCUT2D eigenvalue weighted by atomic mass is 32.1. The zero-order valence-corrected chi connectivity index (χ0v) is 13.3. The predicted molar refractivity (Wildman–Crippen MR) is 93.9 cm³/mol. The Morgan fingerprint density at radius 2 is 1.70 bits per heavy atom. The van der Waals surface area contributed by atoms with Crippen LogP contribution in [0.4, 0.5) is 0 Å². The minimum Gasteiger partial charge on any atom is -0.508 e. The van der Waals surface area contributed by atoms with Crippen LogP contribution < -0.4 is 5.32 Å². The summed E-state index contributed by atoms with van der Waals surface area (Å²) in [6.45, 7) is 0.620. The monoisotopic (exact) mass is 323 g/mol. The van der Waals surface area contributed by atoms with E-state index in [-0.39, 0.29) is 11.7 Å². The Morgan fingerprint density at radius 1 is 0.957 bits per heavy atom. The second-order valence-electron chi connectivity index (χ2n) is 5.20. The molecule has 1 aromatic heterocycles. The molecule has 1 heterocycles. The van der Waals surface area contributed by atoms with Crippen LogP contribution in [0.15, 0.2) is 66.7 Å². The average Bonchev–Trinajstić information content (AvgIpc) is 3.06. The minimum absolute atomic E-state index is 0.0454. The van der Waals surface area contributed by atoms with Gasteiger partial charge in [0.1, 0.15) is 5.75 Å². The molecule has 4 heteroatoms. The number of hydrogen-bond donors (Lipinski definition) is 2. The molecule has 3 rings (SSSR count). The molecule has 0 spiro atoms. The van der Waals surface area contributed by atoms with Gasteiger partial charge in [-0.05, 0) is 53.9 Å². The van der Waals surface area contributed by atoms with Crippen LogP contribution in [-0.2, 0) is 6.42 Å². The lowest BCUT2D eigenvalue weighted by atomic mass is 10.1. The summed E-state index contributed by atoms with van der Waals surface area (Å²) < 4.78 is 0. The van der Waals surface area contributed by atoms with Gasteiger partial charge in [-0.2, -0.15) is 0 Å². The Balaban J connectivity index is 1.59. The van der Waals surface area contributed by atoms with Gasteiger partial charge < -0.3 is 10.4 Å². The van der Waals surface area contributed by atoms with Gasteiger partial charge in [-0.1, -0.05) is 30.3 Å². The number of rotatable bonds is 5. The summed E-state index contributed by atoms with van der Waals surface area (Å²) >= 11 is 1.45. The van der Waals surface area contributed by atoms with E-state index in [9.17, 15) is 9.90 Å². The number of amides is 1. The molecule has 116 valence electrons. The Labute approximate surface area is 139 Å². The van der Waals surface area contributed by atoms with E-state index in [1.165, 1.54) is 16.9 Å². The lowest BCUT2D eigenvalue weighted by Gasteiger charge is -2.03. The SMILES string of the molecule is O=C(NCCc1ccccc1)c1ccc(-c2ccc(O)cc2)s1. The predicted octanol–water partition coefficient (Wildman–Crippen LogP) is 4.09. The molecule has 0 unspecified atom stereocenters. The van der Waals surface area contributed by atoms with Crippen molar-refractivity contribution < 1.29 is 9.90 Å². The lowest BCUT2D eigenvalue weighted by Crippen LogP contribution is -2.24. The van der Waals surface area contributed by atoms with Gasteiger partial charge in [0.15, 0.2) is 0 Å². The number of aromatic hydroxyl groups is 1. The van der Waals surface area contributed by atoms with Gasteiger partial charge in [-0.25, -0.2) is 0 Å². The van der Waals surface area contributed by atoms with Crippen molar-refractivity contribution in [2.24, 2.45) is 0 Å². The highest BCUT2D eigenvalue weighted by molar-refractivity contribution is 7.17. The summed E-state index contributed by atoms with van der Waals surface area (Å²) in [6.07, 6.45) is 0.822. The first-order chi connectivity index (χ1) is 11.2. The summed E-state index contributed by atoms with van der Waals surface area (Å²) in [5.74, 6) is 0.195. The first kappa shape index (κ1) is 15.3. The van der Waals surface area contributed by atoms with Gasteiger partial charge >= 0.3 is 0 Å². The molecule has 23 heavy (non-hydrogen) atoms. The third kappa shape index (κ3) is 3.99. The van der Waals surface area contributed by atoms with Crippen LogP contribution in [0.2, 0.25) is 0 Å². The van der Waals surface area contributed by atoms with E-state index in [0.717, 1.165) is 16.9 Å². The molecule has 0 aliphatic carbocycles. The number of thiophene rings is 1. The summed E-state index contributed by atoms with van der Waals surface area (Å²) in [5.41, 5.74) is 2.21. The van der Waals surface area contributed by atoms with Crippen molar-refractivity contribution in [1.82, 2.24) is 5.32 Å². The van der Waals surface area contributed by atoms with Gasteiger partial charge in [-0.3, -0.25) is 4.79 Å². The second-order valence-corrected chi connectivity index (χ2v) is 6.29. The molecular weight excluding hydrogens is 306 g/mol.